The third kappa shape index (κ3) is 2.83. The quantitative estimate of drug-likeness (QED) is 0.684. The summed E-state index contributed by atoms with van der Waals surface area (Å²) < 4.78 is 24.9. The molecule has 5 N–H and O–H groups in total. The Labute approximate surface area is 94.8 Å². The monoisotopic (exact) mass is 293 g/mol. The minimum Gasteiger partial charge on any atom is -0.398 e. The van der Waals surface area contributed by atoms with Gasteiger partial charge in [0, 0.05) is 10.2 Å². The highest BCUT2D eigenvalue weighted by molar-refractivity contribution is 9.10. The second-order valence-corrected chi connectivity index (χ2v) is 5.19. The topological polar surface area (TPSA) is 115 Å². The number of hydrogen-bond donors (Lipinski definition) is 3. The summed E-state index contributed by atoms with van der Waals surface area (Å²) in [6, 6.07) is 2.81. The first-order valence-corrected chi connectivity index (χ1v) is 5.98. The smallest absolute Gasteiger partial charge is 0.326 e. The van der Waals surface area contributed by atoms with Gasteiger partial charge in [0.05, 0.1) is 4.90 Å². The number of anilines is 1. The molecule has 1 aromatic carbocycles. The Kier molecular flexibility index (Phi) is 3.20. The standard InChI is InChI=1S/C7H8BrN3O3S/c8-5-3-4(1-2-6(5)9)15(13,14)11-7(10)12/h1-3H,9H2,(H3,10,11,12). The maximum absolute atomic E-state index is 11.4. The summed E-state index contributed by atoms with van der Waals surface area (Å²) in [5, 5.41) is 0. The van der Waals surface area contributed by atoms with E-state index in [1.807, 2.05) is 0 Å². The summed E-state index contributed by atoms with van der Waals surface area (Å²) in [6.07, 6.45) is 0. The van der Waals surface area contributed by atoms with Gasteiger partial charge in [0.1, 0.15) is 0 Å². The molecule has 0 unspecified atom stereocenters. The zero-order valence-corrected chi connectivity index (χ0v) is 9.80. The van der Waals surface area contributed by atoms with Crippen molar-refractivity contribution in [3.63, 3.8) is 0 Å². The molecule has 2 amide bonds. The molecule has 0 aliphatic heterocycles. The summed E-state index contributed by atoms with van der Waals surface area (Å²) in [4.78, 5) is 10.3. The molecule has 0 heterocycles. The van der Waals surface area contributed by atoms with Crippen LogP contribution in [0.5, 0.6) is 0 Å². The molecule has 8 heteroatoms. The number of hydrogen-bond acceptors (Lipinski definition) is 4. The van der Waals surface area contributed by atoms with Crippen molar-refractivity contribution in [3.05, 3.63) is 22.7 Å². The Bertz CT molecular complexity index is 500. The lowest BCUT2D eigenvalue weighted by Crippen LogP contribution is -2.34. The van der Waals surface area contributed by atoms with Crippen LogP contribution in [0.3, 0.4) is 0 Å². The van der Waals surface area contributed by atoms with E-state index >= 15 is 0 Å². The molecule has 0 aliphatic rings. The number of amides is 2. The molecule has 0 saturated carbocycles. The lowest BCUT2D eigenvalue weighted by molar-refractivity contribution is 0.253. The van der Waals surface area contributed by atoms with E-state index in [2.05, 4.69) is 15.9 Å². The van der Waals surface area contributed by atoms with Crippen molar-refractivity contribution in [2.24, 2.45) is 5.73 Å². The molecule has 0 aromatic heterocycles. The summed E-state index contributed by atoms with van der Waals surface area (Å²) in [5.41, 5.74) is 10.6. The van der Waals surface area contributed by atoms with Crippen LogP contribution < -0.4 is 16.2 Å². The van der Waals surface area contributed by atoms with Gasteiger partial charge in [0.25, 0.3) is 10.0 Å². The number of nitrogens with two attached hydrogens (primary N) is 2. The molecule has 1 aromatic rings. The number of primary amides is 1. The number of rotatable bonds is 2. The Morgan fingerprint density at radius 2 is 2.00 bits per heavy atom. The van der Waals surface area contributed by atoms with Gasteiger partial charge in [-0.25, -0.2) is 17.9 Å². The average molecular weight is 294 g/mol. The summed E-state index contributed by atoms with van der Waals surface area (Å²) in [7, 11) is -3.91. The van der Waals surface area contributed by atoms with Gasteiger partial charge in [-0.05, 0) is 34.1 Å². The highest BCUT2D eigenvalue weighted by atomic mass is 79.9. The molecule has 0 saturated heterocycles. The Morgan fingerprint density at radius 1 is 1.40 bits per heavy atom. The van der Waals surface area contributed by atoms with E-state index in [0.29, 0.717) is 10.2 Å². The van der Waals surface area contributed by atoms with Gasteiger partial charge in [-0.3, -0.25) is 0 Å². The van der Waals surface area contributed by atoms with Crippen molar-refractivity contribution in [1.82, 2.24) is 4.72 Å². The lowest BCUT2D eigenvalue weighted by atomic mass is 10.3. The lowest BCUT2D eigenvalue weighted by Gasteiger charge is -2.05. The van der Waals surface area contributed by atoms with Gasteiger partial charge >= 0.3 is 6.03 Å². The van der Waals surface area contributed by atoms with E-state index in [0.717, 1.165) is 0 Å². The molecule has 0 fully saturated rings. The average Bonchev–Trinajstić information content (AvgIpc) is 2.07. The van der Waals surface area contributed by atoms with Crippen LogP contribution in [0, 0.1) is 0 Å². The number of halogens is 1. The Hall–Kier alpha value is -1.28. The van der Waals surface area contributed by atoms with Gasteiger partial charge in [-0.15, -0.1) is 0 Å². The number of sulfonamides is 1. The minimum atomic E-state index is -3.91. The van der Waals surface area contributed by atoms with E-state index in [4.69, 9.17) is 11.5 Å². The summed E-state index contributed by atoms with van der Waals surface area (Å²) >= 11 is 3.07. The summed E-state index contributed by atoms with van der Waals surface area (Å²) in [6.45, 7) is 0. The van der Waals surface area contributed by atoms with Crippen LogP contribution in [0.4, 0.5) is 10.5 Å². The molecule has 15 heavy (non-hydrogen) atoms. The number of urea groups is 1. The largest absolute Gasteiger partial charge is 0.398 e. The highest BCUT2D eigenvalue weighted by Gasteiger charge is 2.16. The van der Waals surface area contributed by atoms with Crippen LogP contribution in [-0.4, -0.2) is 14.4 Å². The molecule has 0 atom stereocenters. The number of nitrogens with one attached hydrogen (secondary N) is 1. The number of benzene rings is 1. The number of carbonyl (C=O) groups excluding carboxylic acids is 1. The molecular formula is C7H8BrN3O3S. The molecular weight excluding hydrogens is 286 g/mol. The van der Waals surface area contributed by atoms with Crippen molar-refractivity contribution < 1.29 is 13.2 Å². The van der Waals surface area contributed by atoms with Crippen molar-refractivity contribution in [2.75, 3.05) is 5.73 Å². The zero-order valence-electron chi connectivity index (χ0n) is 7.40. The van der Waals surface area contributed by atoms with Crippen molar-refractivity contribution in [2.45, 2.75) is 4.90 Å². The normalized spacial score (nSPS) is 11.0. The molecule has 0 aliphatic carbocycles. The van der Waals surface area contributed by atoms with E-state index in [1.165, 1.54) is 18.2 Å². The molecule has 0 bridgehead atoms. The molecule has 1 rings (SSSR count). The van der Waals surface area contributed by atoms with Gasteiger partial charge in [-0.1, -0.05) is 0 Å². The predicted octanol–water partition coefficient (Wildman–Crippen LogP) is 0.388. The Morgan fingerprint density at radius 3 is 2.47 bits per heavy atom. The number of carbonyl (C=O) groups is 1. The highest BCUT2D eigenvalue weighted by Crippen LogP contribution is 2.22. The Balaban J connectivity index is 3.17. The van der Waals surface area contributed by atoms with Crippen LogP contribution in [0.15, 0.2) is 27.6 Å². The number of nitrogen functional groups attached to an aromatic ring is 1. The van der Waals surface area contributed by atoms with Gasteiger partial charge in [0.15, 0.2) is 0 Å². The predicted molar refractivity (Wildman–Crippen MR) is 58.5 cm³/mol. The van der Waals surface area contributed by atoms with Crippen molar-refractivity contribution in [3.8, 4) is 0 Å². The maximum atomic E-state index is 11.4. The summed E-state index contributed by atoms with van der Waals surface area (Å²) in [5.74, 6) is 0. The van der Waals surface area contributed by atoms with Gasteiger partial charge in [0.2, 0.25) is 0 Å². The minimum absolute atomic E-state index is 0.0950. The second-order valence-electron chi connectivity index (χ2n) is 2.65. The van der Waals surface area contributed by atoms with Crippen molar-refractivity contribution in [1.29, 1.82) is 0 Å². The first kappa shape index (κ1) is 11.8. The van der Waals surface area contributed by atoms with Gasteiger partial charge < -0.3 is 11.5 Å². The fourth-order valence-corrected chi connectivity index (χ4v) is 2.30. The fourth-order valence-electron chi connectivity index (χ4n) is 0.866. The van der Waals surface area contributed by atoms with Crippen LogP contribution in [0.1, 0.15) is 0 Å². The van der Waals surface area contributed by atoms with Crippen LogP contribution >= 0.6 is 15.9 Å². The molecule has 0 spiro atoms. The van der Waals surface area contributed by atoms with E-state index in [-0.39, 0.29) is 4.90 Å². The maximum Gasteiger partial charge on any atom is 0.326 e. The van der Waals surface area contributed by atoms with Crippen molar-refractivity contribution >= 4 is 37.7 Å². The van der Waals surface area contributed by atoms with E-state index in [9.17, 15) is 13.2 Å². The molecule has 82 valence electrons. The zero-order chi connectivity index (χ0) is 11.6. The molecule has 0 radical (unpaired) electrons. The fraction of sp³-hybridized carbons (Fsp3) is 0. The van der Waals surface area contributed by atoms with E-state index in [1.54, 1.807) is 4.72 Å². The van der Waals surface area contributed by atoms with Crippen LogP contribution in [0.25, 0.3) is 0 Å². The SMILES string of the molecule is NC(=O)NS(=O)(=O)c1ccc(N)c(Br)c1. The first-order valence-electron chi connectivity index (χ1n) is 3.70. The van der Waals surface area contributed by atoms with E-state index < -0.39 is 16.1 Å². The second kappa shape index (κ2) is 4.07. The van der Waals surface area contributed by atoms with Crippen LogP contribution in [-0.2, 0) is 10.0 Å². The van der Waals surface area contributed by atoms with Crippen LogP contribution in [0.2, 0.25) is 0 Å². The van der Waals surface area contributed by atoms with Gasteiger partial charge in [-0.2, -0.15) is 0 Å². The molecule has 6 nitrogen and oxygen atoms in total. The third-order valence-electron chi connectivity index (χ3n) is 1.52. The first-order chi connectivity index (χ1) is 6.83. The third-order valence-corrected chi connectivity index (χ3v) is 3.55.